The SMILES string of the molecule is NS(=O)(=O)c1ccc(CCN(Cc2cccc(-c3cccc(OCCN4CCCC4)c3)c2)C(=O)Cc2cccc(Br)c2)cc1. The maximum absolute atomic E-state index is 13.6. The van der Waals surface area contributed by atoms with Gasteiger partial charge in [-0.3, -0.25) is 9.69 Å². The first kappa shape index (κ1) is 31.9. The van der Waals surface area contributed by atoms with Gasteiger partial charge in [0.25, 0.3) is 0 Å². The molecule has 1 aliphatic rings. The van der Waals surface area contributed by atoms with Crippen LogP contribution in [0.5, 0.6) is 5.75 Å². The standard InChI is InChI=1S/C35H38BrN3O4S/c36-32-10-4-6-28(23-32)24-35(40)39(19-16-27-12-14-34(15-13-27)44(37,41)42)26-29-7-3-8-30(22-29)31-9-5-11-33(25-31)43-21-20-38-17-1-2-18-38/h3-15,22-23,25H,1-2,16-21,24,26H2,(H2,37,41,42). The van der Waals surface area contributed by atoms with Gasteiger partial charge < -0.3 is 9.64 Å². The van der Waals surface area contributed by atoms with Crippen molar-refractivity contribution in [3.8, 4) is 16.9 Å². The number of carbonyl (C=O) groups excluding carboxylic acids is 1. The Morgan fingerprint density at radius 3 is 2.25 bits per heavy atom. The van der Waals surface area contributed by atoms with Gasteiger partial charge in [0.05, 0.1) is 11.3 Å². The highest BCUT2D eigenvalue weighted by molar-refractivity contribution is 9.10. The van der Waals surface area contributed by atoms with Crippen molar-refractivity contribution >= 4 is 31.9 Å². The Balaban J connectivity index is 1.29. The van der Waals surface area contributed by atoms with Crippen molar-refractivity contribution in [2.75, 3.05) is 32.8 Å². The zero-order valence-corrected chi connectivity index (χ0v) is 27.1. The molecule has 1 amide bonds. The molecule has 0 atom stereocenters. The minimum absolute atomic E-state index is 0.0167. The Morgan fingerprint density at radius 1 is 0.841 bits per heavy atom. The van der Waals surface area contributed by atoms with Crippen LogP contribution in [0.3, 0.4) is 0 Å². The van der Waals surface area contributed by atoms with E-state index >= 15 is 0 Å². The topological polar surface area (TPSA) is 92.9 Å². The largest absolute Gasteiger partial charge is 0.492 e. The van der Waals surface area contributed by atoms with Crippen LogP contribution >= 0.6 is 15.9 Å². The fraction of sp³-hybridized carbons (Fsp3) is 0.286. The molecule has 0 spiro atoms. The van der Waals surface area contributed by atoms with Crippen molar-refractivity contribution in [2.45, 2.75) is 37.1 Å². The minimum atomic E-state index is -3.76. The number of nitrogens with zero attached hydrogens (tertiary/aromatic N) is 2. The van der Waals surface area contributed by atoms with Crippen molar-refractivity contribution in [3.63, 3.8) is 0 Å². The second kappa shape index (κ2) is 15.0. The molecule has 0 radical (unpaired) electrons. The third-order valence-electron chi connectivity index (χ3n) is 7.86. The summed E-state index contributed by atoms with van der Waals surface area (Å²) in [5.41, 5.74) is 5.00. The van der Waals surface area contributed by atoms with Crippen LogP contribution in [0.4, 0.5) is 0 Å². The van der Waals surface area contributed by atoms with E-state index in [4.69, 9.17) is 9.88 Å². The van der Waals surface area contributed by atoms with Gasteiger partial charge in [-0.05, 0) is 103 Å². The Morgan fingerprint density at radius 2 is 1.52 bits per heavy atom. The monoisotopic (exact) mass is 675 g/mol. The maximum Gasteiger partial charge on any atom is 0.238 e. The third-order valence-corrected chi connectivity index (χ3v) is 9.28. The summed E-state index contributed by atoms with van der Waals surface area (Å²) >= 11 is 3.50. The number of ether oxygens (including phenoxy) is 1. The number of benzene rings is 4. The lowest BCUT2D eigenvalue weighted by atomic mass is 10.0. The number of carbonyl (C=O) groups is 1. The fourth-order valence-corrected chi connectivity index (χ4v) is 6.43. The predicted octanol–water partition coefficient (Wildman–Crippen LogP) is 6.05. The van der Waals surface area contributed by atoms with Gasteiger partial charge in [0.1, 0.15) is 12.4 Å². The van der Waals surface area contributed by atoms with E-state index < -0.39 is 10.0 Å². The zero-order valence-electron chi connectivity index (χ0n) is 24.7. The number of amides is 1. The van der Waals surface area contributed by atoms with Crippen molar-refractivity contribution in [1.82, 2.24) is 9.80 Å². The molecule has 7 nitrogen and oxygen atoms in total. The molecule has 1 aliphatic heterocycles. The maximum atomic E-state index is 13.6. The number of hydrogen-bond acceptors (Lipinski definition) is 5. The number of likely N-dealkylation sites (tertiary alicyclic amines) is 1. The molecule has 44 heavy (non-hydrogen) atoms. The van der Waals surface area contributed by atoms with E-state index in [0.29, 0.717) is 26.1 Å². The summed E-state index contributed by atoms with van der Waals surface area (Å²) in [6.45, 7) is 4.85. The summed E-state index contributed by atoms with van der Waals surface area (Å²) in [6.07, 6.45) is 3.40. The van der Waals surface area contributed by atoms with Gasteiger partial charge in [0.2, 0.25) is 15.9 Å². The van der Waals surface area contributed by atoms with Crippen LogP contribution in [-0.2, 0) is 34.2 Å². The highest BCUT2D eigenvalue weighted by Crippen LogP contribution is 2.26. The number of sulfonamides is 1. The first-order valence-electron chi connectivity index (χ1n) is 14.9. The van der Waals surface area contributed by atoms with Gasteiger partial charge in [-0.25, -0.2) is 13.6 Å². The van der Waals surface area contributed by atoms with Crippen molar-refractivity contribution in [3.05, 3.63) is 118 Å². The third kappa shape index (κ3) is 9.25. The van der Waals surface area contributed by atoms with Crippen LogP contribution in [0.25, 0.3) is 11.1 Å². The Labute approximate surface area is 268 Å². The summed E-state index contributed by atoms with van der Waals surface area (Å²) in [4.78, 5) is 18.0. The number of rotatable bonds is 13. The van der Waals surface area contributed by atoms with E-state index in [0.717, 1.165) is 57.7 Å². The average molecular weight is 677 g/mol. The molecule has 4 aromatic rings. The van der Waals surface area contributed by atoms with Crippen LogP contribution in [0.2, 0.25) is 0 Å². The normalized spacial score (nSPS) is 13.6. The molecule has 230 valence electrons. The van der Waals surface area contributed by atoms with Gasteiger partial charge in [-0.1, -0.05) is 70.5 Å². The summed E-state index contributed by atoms with van der Waals surface area (Å²) in [5, 5.41) is 5.25. The van der Waals surface area contributed by atoms with E-state index in [1.54, 1.807) is 12.1 Å². The molecule has 0 unspecified atom stereocenters. The van der Waals surface area contributed by atoms with Crippen molar-refractivity contribution in [1.29, 1.82) is 0 Å². The van der Waals surface area contributed by atoms with Gasteiger partial charge in [-0.2, -0.15) is 0 Å². The Kier molecular flexibility index (Phi) is 10.9. The van der Waals surface area contributed by atoms with E-state index in [2.05, 4.69) is 45.1 Å². The van der Waals surface area contributed by atoms with Gasteiger partial charge in [0.15, 0.2) is 0 Å². The summed E-state index contributed by atoms with van der Waals surface area (Å²) in [6, 6.07) is 30.7. The van der Waals surface area contributed by atoms with Gasteiger partial charge in [0, 0.05) is 24.1 Å². The summed E-state index contributed by atoms with van der Waals surface area (Å²) < 4.78 is 30.3. The van der Waals surface area contributed by atoms with E-state index in [-0.39, 0.29) is 17.2 Å². The summed E-state index contributed by atoms with van der Waals surface area (Å²) in [5.74, 6) is 0.870. The van der Waals surface area contributed by atoms with Crippen molar-refractivity contribution < 1.29 is 17.9 Å². The number of halogens is 1. The Hall–Kier alpha value is -3.50. The van der Waals surface area contributed by atoms with Gasteiger partial charge >= 0.3 is 0 Å². The summed E-state index contributed by atoms with van der Waals surface area (Å²) in [7, 11) is -3.76. The molecule has 0 saturated carbocycles. The fourth-order valence-electron chi connectivity index (χ4n) is 5.47. The molecule has 4 aromatic carbocycles. The number of primary sulfonamides is 1. The zero-order chi connectivity index (χ0) is 30.9. The number of hydrogen-bond donors (Lipinski definition) is 1. The smallest absolute Gasteiger partial charge is 0.238 e. The molecule has 1 saturated heterocycles. The molecule has 2 N–H and O–H groups in total. The highest BCUT2D eigenvalue weighted by atomic mass is 79.9. The van der Waals surface area contributed by atoms with Crippen molar-refractivity contribution in [2.24, 2.45) is 5.14 Å². The molecule has 1 fully saturated rings. The second-order valence-electron chi connectivity index (χ2n) is 11.2. The molecule has 9 heteroatoms. The first-order valence-corrected chi connectivity index (χ1v) is 17.3. The lowest BCUT2D eigenvalue weighted by Crippen LogP contribution is -2.33. The lowest BCUT2D eigenvalue weighted by Gasteiger charge is -2.24. The van der Waals surface area contributed by atoms with Crippen LogP contribution in [0.15, 0.2) is 106 Å². The second-order valence-corrected chi connectivity index (χ2v) is 13.7. The van der Waals surface area contributed by atoms with E-state index in [1.165, 1.54) is 25.0 Å². The quantitative estimate of drug-likeness (QED) is 0.186. The molecular weight excluding hydrogens is 638 g/mol. The molecule has 0 bridgehead atoms. The molecule has 0 aliphatic carbocycles. The highest BCUT2D eigenvalue weighted by Gasteiger charge is 2.17. The lowest BCUT2D eigenvalue weighted by molar-refractivity contribution is -0.131. The van der Waals surface area contributed by atoms with Crippen LogP contribution in [-0.4, -0.2) is 56.9 Å². The number of nitrogens with two attached hydrogens (primary N) is 1. The molecule has 1 heterocycles. The van der Waals surface area contributed by atoms with E-state index in [9.17, 15) is 13.2 Å². The van der Waals surface area contributed by atoms with Crippen LogP contribution in [0.1, 0.15) is 29.5 Å². The van der Waals surface area contributed by atoms with E-state index in [1.807, 2.05) is 53.4 Å². The molecule has 5 rings (SSSR count). The van der Waals surface area contributed by atoms with Crippen LogP contribution < -0.4 is 9.88 Å². The minimum Gasteiger partial charge on any atom is -0.492 e. The Bertz CT molecular complexity index is 1670. The van der Waals surface area contributed by atoms with Crippen LogP contribution in [0, 0.1) is 0 Å². The average Bonchev–Trinajstić information content (AvgIpc) is 3.53. The molecule has 0 aromatic heterocycles. The van der Waals surface area contributed by atoms with Gasteiger partial charge in [-0.15, -0.1) is 0 Å². The predicted molar refractivity (Wildman–Crippen MR) is 178 cm³/mol. The molecular formula is C35H38BrN3O4S. The first-order chi connectivity index (χ1) is 21.2.